The zero-order chi connectivity index (χ0) is 15.3. The minimum atomic E-state index is 0.0927. The van der Waals surface area contributed by atoms with E-state index in [1.165, 1.54) is 0 Å². The van der Waals surface area contributed by atoms with Gasteiger partial charge in [-0.1, -0.05) is 12.2 Å². The summed E-state index contributed by atoms with van der Waals surface area (Å²) < 4.78 is 5.68. The molecular formula is C16H22N4O2. The second-order valence-electron chi connectivity index (χ2n) is 7.11. The van der Waals surface area contributed by atoms with Gasteiger partial charge in [-0.15, -0.1) is 10.2 Å². The minimum absolute atomic E-state index is 0.0927. The summed E-state index contributed by atoms with van der Waals surface area (Å²) in [6.07, 6.45) is 6.03. The molecular weight excluding hydrogens is 280 g/mol. The maximum atomic E-state index is 12.5. The summed E-state index contributed by atoms with van der Waals surface area (Å²) in [4.78, 5) is 16.8. The topological polar surface area (TPSA) is 62.5 Å². The summed E-state index contributed by atoms with van der Waals surface area (Å²) in [7, 11) is 2.12. The van der Waals surface area contributed by atoms with Gasteiger partial charge in [-0.3, -0.25) is 4.79 Å². The van der Waals surface area contributed by atoms with Crippen molar-refractivity contribution in [1.29, 1.82) is 0 Å². The molecule has 1 spiro atoms. The lowest BCUT2D eigenvalue weighted by atomic mass is 9.71. The van der Waals surface area contributed by atoms with Gasteiger partial charge in [0.15, 0.2) is 0 Å². The van der Waals surface area contributed by atoms with Gasteiger partial charge in [-0.2, -0.15) is 0 Å². The molecule has 0 radical (unpaired) electrons. The molecule has 2 saturated heterocycles. The molecule has 1 amide bonds. The third-order valence-electron chi connectivity index (χ3n) is 5.34. The van der Waals surface area contributed by atoms with E-state index in [9.17, 15) is 4.79 Å². The highest BCUT2D eigenvalue weighted by atomic mass is 16.4. The van der Waals surface area contributed by atoms with Crippen molar-refractivity contribution < 1.29 is 9.21 Å². The summed E-state index contributed by atoms with van der Waals surface area (Å²) in [6, 6.07) is 0. The Hall–Kier alpha value is -1.69. The van der Waals surface area contributed by atoms with Crippen molar-refractivity contribution in [2.75, 3.05) is 33.2 Å². The molecule has 1 aromatic rings. The Morgan fingerprint density at radius 2 is 2.00 bits per heavy atom. The first-order valence-electron chi connectivity index (χ1n) is 8.00. The first-order valence-corrected chi connectivity index (χ1v) is 8.00. The Morgan fingerprint density at radius 1 is 1.27 bits per heavy atom. The van der Waals surface area contributed by atoms with E-state index in [4.69, 9.17) is 4.42 Å². The molecule has 0 aromatic carbocycles. The van der Waals surface area contributed by atoms with Crippen molar-refractivity contribution in [3.8, 4) is 0 Å². The molecule has 6 heteroatoms. The van der Waals surface area contributed by atoms with Crippen LogP contribution in [0.2, 0.25) is 0 Å². The molecule has 1 aliphatic carbocycles. The first-order chi connectivity index (χ1) is 10.6. The van der Waals surface area contributed by atoms with Crippen LogP contribution in [0.15, 0.2) is 16.6 Å². The van der Waals surface area contributed by atoms with Crippen LogP contribution in [0.5, 0.6) is 0 Å². The number of hydrogen-bond donors (Lipinski definition) is 0. The van der Waals surface area contributed by atoms with E-state index >= 15 is 0 Å². The minimum Gasteiger partial charge on any atom is -0.425 e. The zero-order valence-corrected chi connectivity index (χ0v) is 13.2. The molecule has 3 heterocycles. The van der Waals surface area contributed by atoms with Crippen LogP contribution in [0.25, 0.3) is 0 Å². The Morgan fingerprint density at radius 3 is 2.64 bits per heavy atom. The molecule has 1 atom stereocenters. The van der Waals surface area contributed by atoms with Gasteiger partial charge < -0.3 is 14.2 Å². The number of nitrogens with zero attached hydrogens (tertiary/aromatic N) is 4. The van der Waals surface area contributed by atoms with E-state index in [1.54, 1.807) is 0 Å². The molecule has 2 fully saturated rings. The maximum absolute atomic E-state index is 12.5. The van der Waals surface area contributed by atoms with Crippen LogP contribution in [0.1, 0.15) is 30.5 Å². The molecule has 0 bridgehead atoms. The highest BCUT2D eigenvalue weighted by molar-refractivity contribution is 5.80. The number of aromatic nitrogens is 2. The molecule has 1 aromatic heterocycles. The van der Waals surface area contributed by atoms with Gasteiger partial charge in [0.25, 0.3) is 0 Å². The predicted molar refractivity (Wildman–Crippen MR) is 80.2 cm³/mol. The van der Waals surface area contributed by atoms with Gasteiger partial charge in [0.1, 0.15) is 0 Å². The highest BCUT2D eigenvalue weighted by Crippen LogP contribution is 2.48. The van der Waals surface area contributed by atoms with E-state index in [-0.39, 0.29) is 17.3 Å². The highest BCUT2D eigenvalue weighted by Gasteiger charge is 2.57. The van der Waals surface area contributed by atoms with E-state index in [2.05, 4.69) is 34.3 Å². The van der Waals surface area contributed by atoms with Crippen LogP contribution < -0.4 is 0 Å². The van der Waals surface area contributed by atoms with Gasteiger partial charge in [0.2, 0.25) is 17.7 Å². The predicted octanol–water partition coefficient (Wildman–Crippen LogP) is 1.20. The molecule has 22 heavy (non-hydrogen) atoms. The fourth-order valence-electron chi connectivity index (χ4n) is 4.28. The number of amides is 1. The number of likely N-dealkylation sites (N-methyl/N-ethyl adjacent to an activating group) is 1. The van der Waals surface area contributed by atoms with Gasteiger partial charge in [-0.25, -0.2) is 0 Å². The van der Waals surface area contributed by atoms with Crippen LogP contribution in [-0.2, 0) is 4.79 Å². The third-order valence-corrected chi connectivity index (χ3v) is 5.34. The quantitative estimate of drug-likeness (QED) is 0.768. The zero-order valence-electron chi connectivity index (χ0n) is 13.2. The number of aryl methyl sites for hydroxylation is 1. The van der Waals surface area contributed by atoms with Gasteiger partial charge >= 0.3 is 0 Å². The summed E-state index contributed by atoms with van der Waals surface area (Å²) in [5, 5.41) is 8.20. The molecule has 1 unspecified atom stereocenters. The van der Waals surface area contributed by atoms with Crippen molar-refractivity contribution in [3.63, 3.8) is 0 Å². The summed E-state index contributed by atoms with van der Waals surface area (Å²) in [5.41, 5.74) is 0.0927. The van der Waals surface area contributed by atoms with E-state index in [0.717, 1.165) is 44.9 Å². The van der Waals surface area contributed by atoms with Crippen molar-refractivity contribution in [2.45, 2.75) is 25.7 Å². The molecule has 6 nitrogen and oxygen atoms in total. The van der Waals surface area contributed by atoms with Crippen LogP contribution in [-0.4, -0.2) is 59.1 Å². The fourth-order valence-corrected chi connectivity index (χ4v) is 4.28. The average molecular weight is 302 g/mol. The van der Waals surface area contributed by atoms with Crippen molar-refractivity contribution in [1.82, 2.24) is 20.0 Å². The molecule has 4 rings (SSSR count). The van der Waals surface area contributed by atoms with Crippen molar-refractivity contribution in [2.24, 2.45) is 11.3 Å². The standard InChI is InChI=1S/C16H22N4O2/c1-11-17-18-14(22-11)13-7-19(2)8-16(13)9-20(10-16)15(21)12-5-3-4-6-12/h3-4,12-13H,5-10H2,1-2H3. The Labute approximate surface area is 130 Å². The van der Waals surface area contributed by atoms with Crippen molar-refractivity contribution >= 4 is 5.91 Å². The van der Waals surface area contributed by atoms with Gasteiger partial charge in [0, 0.05) is 44.4 Å². The maximum Gasteiger partial charge on any atom is 0.226 e. The van der Waals surface area contributed by atoms with Gasteiger partial charge in [-0.05, 0) is 19.9 Å². The lowest BCUT2D eigenvalue weighted by Gasteiger charge is -2.51. The number of hydrogen-bond acceptors (Lipinski definition) is 5. The van der Waals surface area contributed by atoms with Crippen LogP contribution in [0, 0.1) is 18.3 Å². The molecule has 118 valence electrons. The third kappa shape index (κ3) is 2.08. The smallest absolute Gasteiger partial charge is 0.226 e. The van der Waals surface area contributed by atoms with Gasteiger partial charge in [0.05, 0.1) is 5.92 Å². The SMILES string of the molecule is Cc1nnc(C2CN(C)CC23CN(C(=O)C2CC=CC2)C3)o1. The second-order valence-corrected chi connectivity index (χ2v) is 7.11. The monoisotopic (exact) mass is 302 g/mol. The fraction of sp³-hybridized carbons (Fsp3) is 0.688. The average Bonchev–Trinajstić information content (AvgIpc) is 3.14. The number of carbonyl (C=O) groups is 1. The first kappa shape index (κ1) is 13.9. The molecule has 0 N–H and O–H groups in total. The normalized spacial score (nSPS) is 27.7. The number of likely N-dealkylation sites (tertiary alicyclic amines) is 2. The Kier molecular flexibility index (Phi) is 3.11. The van der Waals surface area contributed by atoms with E-state index < -0.39 is 0 Å². The summed E-state index contributed by atoms with van der Waals surface area (Å²) in [6.45, 7) is 5.38. The Bertz CT molecular complexity index is 609. The number of allylic oxidation sites excluding steroid dienone is 2. The Balaban J connectivity index is 1.48. The lowest BCUT2D eigenvalue weighted by molar-refractivity contribution is -0.148. The molecule has 3 aliphatic rings. The number of carbonyl (C=O) groups excluding carboxylic acids is 1. The lowest BCUT2D eigenvalue weighted by Crippen LogP contribution is -2.62. The largest absolute Gasteiger partial charge is 0.425 e. The number of rotatable bonds is 2. The summed E-state index contributed by atoms with van der Waals surface area (Å²) >= 11 is 0. The van der Waals surface area contributed by atoms with Crippen LogP contribution in [0.3, 0.4) is 0 Å². The molecule has 2 aliphatic heterocycles. The van der Waals surface area contributed by atoms with Crippen molar-refractivity contribution in [3.05, 3.63) is 23.9 Å². The van der Waals surface area contributed by atoms with Crippen LogP contribution >= 0.6 is 0 Å². The summed E-state index contributed by atoms with van der Waals surface area (Å²) in [5.74, 6) is 2.07. The van der Waals surface area contributed by atoms with E-state index in [1.807, 2.05) is 11.8 Å². The second kappa shape index (κ2) is 4.91. The van der Waals surface area contributed by atoms with E-state index in [0.29, 0.717) is 11.8 Å². The van der Waals surface area contributed by atoms with Crippen LogP contribution in [0.4, 0.5) is 0 Å². The molecule has 0 saturated carbocycles.